The summed E-state index contributed by atoms with van der Waals surface area (Å²) in [6.45, 7) is 2.20. The predicted molar refractivity (Wildman–Crippen MR) is 104 cm³/mol. The number of rotatable bonds is 2. The number of nitrogens with zero attached hydrogens (tertiary/aromatic N) is 5. The largest absolute Gasteiger partial charge is 0.401 e. The van der Waals surface area contributed by atoms with Crippen LogP contribution in [0.1, 0.15) is 17.3 Å². The Hall–Kier alpha value is -3.48. The number of likely N-dealkylation sites (N-methyl/N-ethyl adjacent to an activating group) is 1. The van der Waals surface area contributed by atoms with Crippen LogP contribution in [0.4, 0.5) is 10.7 Å². The molecule has 0 N–H and O–H groups in total. The van der Waals surface area contributed by atoms with Crippen molar-refractivity contribution in [2.45, 2.75) is 19.5 Å². The molecule has 5 rings (SSSR count). The molecular weight excluding hydrogens is 354 g/mol. The minimum Gasteiger partial charge on any atom is -0.270 e. The molecule has 0 aliphatic carbocycles. The van der Waals surface area contributed by atoms with Crippen LogP contribution >= 0.6 is 0 Å². The van der Waals surface area contributed by atoms with Crippen LogP contribution in [-0.2, 0) is 18.4 Å². The molecule has 7 nitrogen and oxygen atoms in total. The van der Waals surface area contributed by atoms with Crippen LogP contribution in [0.3, 0.4) is 0 Å². The second kappa shape index (κ2) is 5.76. The van der Waals surface area contributed by atoms with Crippen LogP contribution in [0.15, 0.2) is 53.7 Å². The standard InChI is InChI=1S/C21H20N5O2/c1-13-11-25-17-18(22-20(25)23(13)2)24(3)21(28)26(19(17)27)12-15-9-6-8-14-7-4-5-10-16(14)15/h4-11,17H,12H2,1-3H3/q+1. The Morgan fingerprint density at radius 2 is 1.82 bits per heavy atom. The Bertz CT molecular complexity index is 1190. The van der Waals surface area contributed by atoms with Gasteiger partial charge in [-0.15, -0.1) is 0 Å². The molecule has 2 aliphatic heterocycles. The first kappa shape index (κ1) is 16.7. The van der Waals surface area contributed by atoms with E-state index in [0.29, 0.717) is 11.8 Å². The summed E-state index contributed by atoms with van der Waals surface area (Å²) >= 11 is 0. The van der Waals surface area contributed by atoms with E-state index in [2.05, 4.69) is 4.99 Å². The van der Waals surface area contributed by atoms with Gasteiger partial charge in [0.2, 0.25) is 11.9 Å². The molecule has 1 atom stereocenters. The minimum atomic E-state index is -0.604. The number of imidazole rings is 1. The summed E-state index contributed by atoms with van der Waals surface area (Å²) in [6.07, 6.45) is 1.91. The molecule has 140 valence electrons. The third-order valence-corrected chi connectivity index (χ3v) is 5.69. The summed E-state index contributed by atoms with van der Waals surface area (Å²) in [5, 5.41) is 2.13. The van der Waals surface area contributed by atoms with E-state index in [-0.39, 0.29) is 18.5 Å². The molecule has 2 aromatic carbocycles. The first-order valence-electron chi connectivity index (χ1n) is 9.19. The van der Waals surface area contributed by atoms with Crippen molar-refractivity contribution in [2.75, 3.05) is 7.05 Å². The Balaban J connectivity index is 1.57. The Morgan fingerprint density at radius 1 is 1.07 bits per heavy atom. The number of hydrogen-bond acceptors (Lipinski definition) is 3. The van der Waals surface area contributed by atoms with Crippen molar-refractivity contribution in [1.29, 1.82) is 0 Å². The van der Waals surface area contributed by atoms with Gasteiger partial charge in [-0.2, -0.15) is 0 Å². The van der Waals surface area contributed by atoms with Crippen LogP contribution in [0, 0.1) is 6.92 Å². The predicted octanol–water partition coefficient (Wildman–Crippen LogP) is 2.45. The van der Waals surface area contributed by atoms with Gasteiger partial charge in [-0.25, -0.2) is 13.9 Å². The lowest BCUT2D eigenvalue weighted by molar-refractivity contribution is -0.677. The first-order chi connectivity index (χ1) is 13.5. The van der Waals surface area contributed by atoms with Gasteiger partial charge in [-0.1, -0.05) is 47.5 Å². The summed E-state index contributed by atoms with van der Waals surface area (Å²) in [4.78, 5) is 33.7. The monoisotopic (exact) mass is 374 g/mol. The maximum Gasteiger partial charge on any atom is 0.401 e. The van der Waals surface area contributed by atoms with Gasteiger partial charge in [0.15, 0.2) is 0 Å². The molecule has 1 aromatic heterocycles. The number of hydrogen-bond donors (Lipinski definition) is 0. The number of benzene rings is 2. The van der Waals surface area contributed by atoms with Gasteiger partial charge < -0.3 is 0 Å². The van der Waals surface area contributed by atoms with E-state index in [1.165, 1.54) is 9.80 Å². The number of aromatic nitrogens is 2. The molecule has 1 unspecified atom stereocenters. The normalized spacial score (nSPS) is 18.5. The van der Waals surface area contributed by atoms with Crippen molar-refractivity contribution in [1.82, 2.24) is 14.4 Å². The van der Waals surface area contributed by atoms with Gasteiger partial charge in [-0.05, 0) is 23.3 Å². The third-order valence-electron chi connectivity index (χ3n) is 5.69. The molecule has 3 aromatic rings. The van der Waals surface area contributed by atoms with E-state index in [9.17, 15) is 9.59 Å². The molecule has 0 radical (unpaired) electrons. The second-order valence-corrected chi connectivity index (χ2v) is 7.31. The van der Waals surface area contributed by atoms with Crippen LogP contribution in [0.25, 0.3) is 10.8 Å². The van der Waals surface area contributed by atoms with E-state index in [0.717, 1.165) is 22.0 Å². The van der Waals surface area contributed by atoms with E-state index in [1.54, 1.807) is 7.05 Å². The van der Waals surface area contributed by atoms with Crippen molar-refractivity contribution in [3.05, 3.63) is 59.9 Å². The van der Waals surface area contributed by atoms with Crippen LogP contribution in [-0.4, -0.2) is 39.2 Å². The van der Waals surface area contributed by atoms with Crippen LogP contribution in [0.2, 0.25) is 0 Å². The number of carbonyl (C=O) groups is 2. The zero-order valence-corrected chi connectivity index (χ0v) is 16.0. The van der Waals surface area contributed by atoms with Crippen molar-refractivity contribution in [2.24, 2.45) is 12.0 Å². The van der Waals surface area contributed by atoms with Gasteiger partial charge in [0.25, 0.3) is 5.91 Å². The molecule has 3 amide bonds. The van der Waals surface area contributed by atoms with Crippen LogP contribution < -0.4 is 4.57 Å². The summed E-state index contributed by atoms with van der Waals surface area (Å²) in [5.41, 5.74) is 1.95. The molecular formula is C21H20N5O2+. The SMILES string of the molecule is Cc1c[n+]2c(n1C)N=C1C2C(=O)N(Cc2cccc3ccccc23)C(=O)N1C. The Kier molecular flexibility index (Phi) is 3.43. The minimum absolute atomic E-state index is 0.231. The summed E-state index contributed by atoms with van der Waals surface area (Å²) < 4.78 is 3.78. The molecule has 0 saturated carbocycles. The number of fused-ring (bicyclic) bond motifs is 4. The zero-order chi connectivity index (χ0) is 19.6. The van der Waals surface area contributed by atoms with Crippen molar-refractivity contribution < 1.29 is 14.2 Å². The van der Waals surface area contributed by atoms with Gasteiger partial charge in [-0.3, -0.25) is 14.6 Å². The number of amides is 3. The highest BCUT2D eigenvalue weighted by atomic mass is 16.2. The topological polar surface area (TPSA) is 61.8 Å². The van der Waals surface area contributed by atoms with Crippen molar-refractivity contribution in [3.63, 3.8) is 0 Å². The average Bonchev–Trinajstić information content (AvgIpc) is 3.20. The molecule has 0 bridgehead atoms. The highest BCUT2D eigenvalue weighted by Crippen LogP contribution is 2.30. The number of carbonyl (C=O) groups excluding carboxylic acids is 2. The summed E-state index contributed by atoms with van der Waals surface area (Å²) in [6, 6.07) is 13.0. The van der Waals surface area contributed by atoms with Gasteiger partial charge >= 0.3 is 12.0 Å². The second-order valence-electron chi connectivity index (χ2n) is 7.31. The Labute approximate surface area is 162 Å². The lowest BCUT2D eigenvalue weighted by Gasteiger charge is -2.33. The number of aliphatic imine (C=N–C) groups is 1. The lowest BCUT2D eigenvalue weighted by Crippen LogP contribution is -2.62. The number of imide groups is 1. The quantitative estimate of drug-likeness (QED) is 0.647. The number of amidine groups is 1. The lowest BCUT2D eigenvalue weighted by atomic mass is 10.0. The van der Waals surface area contributed by atoms with E-state index in [1.807, 2.05) is 71.8 Å². The average molecular weight is 374 g/mol. The van der Waals surface area contributed by atoms with E-state index < -0.39 is 6.04 Å². The maximum absolute atomic E-state index is 13.4. The number of aryl methyl sites for hydroxylation is 1. The van der Waals surface area contributed by atoms with E-state index in [4.69, 9.17) is 0 Å². The molecule has 0 spiro atoms. The van der Waals surface area contributed by atoms with Crippen molar-refractivity contribution in [3.8, 4) is 0 Å². The number of urea groups is 1. The maximum atomic E-state index is 13.4. The molecule has 7 heteroatoms. The molecule has 2 aliphatic rings. The fourth-order valence-corrected chi connectivity index (χ4v) is 4.04. The van der Waals surface area contributed by atoms with E-state index >= 15 is 0 Å². The molecule has 1 saturated heterocycles. The first-order valence-corrected chi connectivity index (χ1v) is 9.19. The molecule has 1 fully saturated rings. The van der Waals surface area contributed by atoms with Gasteiger partial charge in [0.05, 0.1) is 13.6 Å². The summed E-state index contributed by atoms with van der Waals surface area (Å²) in [5.74, 6) is 0.913. The fraction of sp³-hybridized carbons (Fsp3) is 0.238. The Morgan fingerprint density at radius 3 is 2.64 bits per heavy atom. The van der Waals surface area contributed by atoms with Crippen molar-refractivity contribution >= 4 is 34.5 Å². The molecule has 3 heterocycles. The smallest absolute Gasteiger partial charge is 0.270 e. The fourth-order valence-electron chi connectivity index (χ4n) is 4.04. The van der Waals surface area contributed by atoms with Crippen LogP contribution in [0.5, 0.6) is 0 Å². The highest BCUT2D eigenvalue weighted by molar-refractivity contribution is 6.19. The zero-order valence-electron chi connectivity index (χ0n) is 16.0. The summed E-state index contributed by atoms with van der Waals surface area (Å²) in [7, 11) is 3.58. The van der Waals surface area contributed by atoms with Gasteiger partial charge in [0.1, 0.15) is 11.9 Å². The third kappa shape index (κ3) is 2.16. The van der Waals surface area contributed by atoms with Gasteiger partial charge in [0, 0.05) is 7.05 Å². The molecule has 28 heavy (non-hydrogen) atoms. The highest BCUT2D eigenvalue weighted by Gasteiger charge is 2.52.